The standard InChI is InChI=1S/C23H32BN3O4/c1-21(2,3)29-20(28)27-17-10-13(17)11-18(27)19-25-15-9-8-14(12-16(15)26-19)24-30-22(4,5)23(6,7)31-24/h8-9,12-13,17-18H,10-11H2,1-7H3,(H,25,26)/t13-,17-,18+/m1/s1. The molecule has 3 fully saturated rings. The van der Waals surface area contributed by atoms with E-state index in [-0.39, 0.29) is 29.4 Å². The summed E-state index contributed by atoms with van der Waals surface area (Å²) in [5, 5.41) is 0. The minimum atomic E-state index is -0.514. The van der Waals surface area contributed by atoms with Gasteiger partial charge in [0.1, 0.15) is 11.4 Å². The Morgan fingerprint density at radius 1 is 1.19 bits per heavy atom. The second-order valence-electron chi connectivity index (χ2n) is 11.2. The van der Waals surface area contributed by atoms with E-state index >= 15 is 0 Å². The molecule has 31 heavy (non-hydrogen) atoms. The molecular weight excluding hydrogens is 393 g/mol. The summed E-state index contributed by atoms with van der Waals surface area (Å²) in [6.45, 7) is 13.9. The van der Waals surface area contributed by atoms with Crippen molar-refractivity contribution in [2.75, 3.05) is 0 Å². The zero-order valence-electron chi connectivity index (χ0n) is 19.5. The van der Waals surface area contributed by atoms with Crippen molar-refractivity contribution in [2.45, 2.75) is 90.2 Å². The molecule has 166 valence electrons. The van der Waals surface area contributed by atoms with Crippen LogP contribution in [0.1, 0.15) is 73.2 Å². The minimum absolute atomic E-state index is 0.0775. The summed E-state index contributed by atoms with van der Waals surface area (Å²) >= 11 is 0. The zero-order valence-corrected chi connectivity index (χ0v) is 19.5. The quantitative estimate of drug-likeness (QED) is 0.738. The fourth-order valence-electron chi connectivity index (χ4n) is 4.60. The molecule has 1 N–H and O–H groups in total. The van der Waals surface area contributed by atoms with Crippen molar-refractivity contribution in [1.82, 2.24) is 14.9 Å². The lowest BCUT2D eigenvalue weighted by molar-refractivity contribution is 0.00578. The number of benzene rings is 1. The van der Waals surface area contributed by atoms with Gasteiger partial charge in [0.25, 0.3) is 0 Å². The fraction of sp³-hybridized carbons (Fsp3) is 0.652. The molecule has 2 aliphatic heterocycles. The highest BCUT2D eigenvalue weighted by molar-refractivity contribution is 6.62. The third-order valence-corrected chi connectivity index (χ3v) is 7.08. The molecule has 2 saturated heterocycles. The van der Waals surface area contributed by atoms with Gasteiger partial charge in [-0.3, -0.25) is 4.90 Å². The van der Waals surface area contributed by atoms with E-state index in [0.717, 1.165) is 35.2 Å². The van der Waals surface area contributed by atoms with Crippen LogP contribution in [0, 0.1) is 5.92 Å². The van der Waals surface area contributed by atoms with Gasteiger partial charge < -0.3 is 19.0 Å². The van der Waals surface area contributed by atoms with Crippen molar-refractivity contribution in [3.8, 4) is 0 Å². The van der Waals surface area contributed by atoms with Gasteiger partial charge in [0, 0.05) is 6.04 Å². The second-order valence-corrected chi connectivity index (χ2v) is 11.2. The first kappa shape index (κ1) is 20.8. The Bertz CT molecular complexity index is 1030. The lowest BCUT2D eigenvalue weighted by Crippen LogP contribution is -2.41. The van der Waals surface area contributed by atoms with E-state index in [1.165, 1.54) is 0 Å². The lowest BCUT2D eigenvalue weighted by Gasteiger charge is -2.32. The van der Waals surface area contributed by atoms with Gasteiger partial charge in [-0.15, -0.1) is 0 Å². The number of nitrogens with zero attached hydrogens (tertiary/aromatic N) is 2. The van der Waals surface area contributed by atoms with Crippen molar-refractivity contribution >= 4 is 29.7 Å². The summed E-state index contributed by atoms with van der Waals surface area (Å²) in [4.78, 5) is 23.1. The number of imidazole rings is 1. The van der Waals surface area contributed by atoms with Gasteiger partial charge in [-0.2, -0.15) is 0 Å². The number of nitrogens with one attached hydrogen (secondary N) is 1. The van der Waals surface area contributed by atoms with Crippen LogP contribution in [0.5, 0.6) is 0 Å². The summed E-state index contributed by atoms with van der Waals surface area (Å²) in [5.74, 6) is 1.37. The van der Waals surface area contributed by atoms with E-state index in [2.05, 4.69) is 32.7 Å². The third kappa shape index (κ3) is 3.54. The van der Waals surface area contributed by atoms with Gasteiger partial charge in [-0.1, -0.05) is 6.07 Å². The molecule has 1 aromatic carbocycles. The van der Waals surface area contributed by atoms with Gasteiger partial charge in [-0.05, 0) is 84.8 Å². The van der Waals surface area contributed by atoms with E-state index in [4.69, 9.17) is 19.0 Å². The van der Waals surface area contributed by atoms with Crippen molar-refractivity contribution < 1.29 is 18.8 Å². The lowest BCUT2D eigenvalue weighted by atomic mass is 9.79. The Labute approximate surface area is 184 Å². The molecule has 5 rings (SSSR count). The van der Waals surface area contributed by atoms with Crippen LogP contribution in [0.2, 0.25) is 0 Å². The number of hydrogen-bond donors (Lipinski definition) is 1. The van der Waals surface area contributed by atoms with Crippen LogP contribution in [0.25, 0.3) is 11.0 Å². The van der Waals surface area contributed by atoms with Crippen molar-refractivity contribution in [1.29, 1.82) is 0 Å². The summed E-state index contributed by atoms with van der Waals surface area (Å²) < 4.78 is 18.1. The van der Waals surface area contributed by atoms with Crippen LogP contribution in [-0.4, -0.2) is 50.9 Å². The summed E-state index contributed by atoms with van der Waals surface area (Å²) in [7, 11) is -0.424. The number of piperidine rings is 1. The number of amides is 1. The number of hydrogen-bond acceptors (Lipinski definition) is 5. The molecule has 3 heterocycles. The van der Waals surface area contributed by atoms with Crippen LogP contribution in [0.3, 0.4) is 0 Å². The Morgan fingerprint density at radius 2 is 1.87 bits per heavy atom. The third-order valence-electron chi connectivity index (χ3n) is 7.08. The number of aromatic amines is 1. The zero-order chi connectivity index (χ0) is 22.3. The summed E-state index contributed by atoms with van der Waals surface area (Å²) in [6.07, 6.45) is 1.73. The molecule has 0 spiro atoms. The smallest absolute Gasteiger partial charge is 0.444 e. The number of aromatic nitrogens is 2. The first-order valence-corrected chi connectivity index (χ1v) is 11.2. The highest BCUT2D eigenvalue weighted by atomic mass is 16.7. The predicted molar refractivity (Wildman–Crippen MR) is 119 cm³/mol. The van der Waals surface area contributed by atoms with E-state index in [0.29, 0.717) is 5.92 Å². The maximum Gasteiger partial charge on any atom is 0.494 e. The SMILES string of the molecule is CC(C)(C)OC(=O)N1[C@@H]2C[C@@H]2C[C@H]1c1nc2cc(B3OC(C)(C)C(C)(C)O3)ccc2[nH]1. The van der Waals surface area contributed by atoms with E-state index in [9.17, 15) is 4.79 Å². The van der Waals surface area contributed by atoms with Crippen LogP contribution < -0.4 is 5.46 Å². The van der Waals surface area contributed by atoms with Crippen molar-refractivity contribution in [2.24, 2.45) is 5.92 Å². The normalized spacial score (nSPS) is 28.8. The maximum absolute atomic E-state index is 12.9. The van der Waals surface area contributed by atoms with Crippen LogP contribution >= 0.6 is 0 Å². The van der Waals surface area contributed by atoms with Crippen LogP contribution in [0.4, 0.5) is 4.79 Å². The number of H-pyrrole nitrogens is 1. The van der Waals surface area contributed by atoms with E-state index in [1.807, 2.05) is 43.9 Å². The maximum atomic E-state index is 12.9. The first-order valence-electron chi connectivity index (χ1n) is 11.2. The largest absolute Gasteiger partial charge is 0.494 e. The Hall–Kier alpha value is -2.06. The molecule has 3 aliphatic rings. The number of carbonyl (C=O) groups is 1. The predicted octanol–water partition coefficient (Wildman–Crippen LogP) is 3.93. The monoisotopic (exact) mass is 425 g/mol. The molecule has 0 bridgehead atoms. The number of carbonyl (C=O) groups excluding carboxylic acids is 1. The molecule has 3 atom stereocenters. The number of ether oxygens (including phenoxy) is 1. The number of rotatable bonds is 2. The fourth-order valence-corrected chi connectivity index (χ4v) is 4.60. The molecule has 2 aromatic rings. The average Bonchev–Trinajstić information content (AvgIpc) is 3.02. The molecule has 8 heteroatoms. The first-order chi connectivity index (χ1) is 14.3. The molecule has 1 saturated carbocycles. The average molecular weight is 425 g/mol. The highest BCUT2D eigenvalue weighted by Gasteiger charge is 2.56. The summed E-state index contributed by atoms with van der Waals surface area (Å²) in [6, 6.07) is 6.24. The molecule has 0 unspecified atom stereocenters. The number of likely N-dealkylation sites (tertiary alicyclic amines) is 1. The van der Waals surface area contributed by atoms with E-state index < -0.39 is 12.7 Å². The van der Waals surface area contributed by atoms with Crippen molar-refractivity contribution in [3.05, 3.63) is 24.0 Å². The van der Waals surface area contributed by atoms with Crippen molar-refractivity contribution in [3.63, 3.8) is 0 Å². The molecule has 1 amide bonds. The molecule has 0 radical (unpaired) electrons. The van der Waals surface area contributed by atoms with E-state index in [1.54, 1.807) is 0 Å². The topological polar surface area (TPSA) is 76.7 Å². The van der Waals surface area contributed by atoms with Gasteiger partial charge in [-0.25, -0.2) is 9.78 Å². The Balaban J connectivity index is 1.41. The molecule has 7 nitrogen and oxygen atoms in total. The Morgan fingerprint density at radius 3 is 2.52 bits per heavy atom. The van der Waals surface area contributed by atoms with Gasteiger partial charge in [0.05, 0.1) is 28.3 Å². The van der Waals surface area contributed by atoms with Gasteiger partial charge in [0.15, 0.2) is 0 Å². The second kappa shape index (κ2) is 6.48. The number of fused-ring (bicyclic) bond motifs is 2. The van der Waals surface area contributed by atoms with Gasteiger partial charge in [0.2, 0.25) is 0 Å². The molecule has 1 aliphatic carbocycles. The molecule has 1 aromatic heterocycles. The summed E-state index contributed by atoms with van der Waals surface area (Å²) in [5.41, 5.74) is 1.46. The van der Waals surface area contributed by atoms with Gasteiger partial charge >= 0.3 is 13.2 Å². The van der Waals surface area contributed by atoms with Crippen LogP contribution in [-0.2, 0) is 14.0 Å². The highest BCUT2D eigenvalue weighted by Crippen LogP contribution is 2.53. The molecular formula is C23H32BN3O4. The van der Waals surface area contributed by atoms with Crippen LogP contribution in [0.15, 0.2) is 18.2 Å². The Kier molecular flexibility index (Phi) is 4.35. The minimum Gasteiger partial charge on any atom is -0.444 e.